The highest BCUT2D eigenvalue weighted by Crippen LogP contribution is 2.44. The first-order valence-corrected chi connectivity index (χ1v) is 6.33. The van der Waals surface area contributed by atoms with Crippen LogP contribution in [0.15, 0.2) is 36.4 Å². The highest BCUT2D eigenvalue weighted by molar-refractivity contribution is 5.76. The summed E-state index contributed by atoms with van der Waals surface area (Å²) in [5.41, 5.74) is 8.70. The fourth-order valence-corrected chi connectivity index (χ4v) is 2.15. The van der Waals surface area contributed by atoms with Gasteiger partial charge in [0.15, 0.2) is 11.5 Å². The van der Waals surface area contributed by atoms with E-state index in [1.165, 1.54) is 0 Å². The highest BCUT2D eigenvalue weighted by atomic mass is 16.5. The average molecular weight is 273 g/mol. The van der Waals surface area contributed by atoms with Crippen LogP contribution in [0.4, 0.5) is 0 Å². The molecule has 2 N–H and O–H groups in total. The summed E-state index contributed by atoms with van der Waals surface area (Å²) in [6.07, 6.45) is 0. The van der Waals surface area contributed by atoms with Crippen LogP contribution in [0.1, 0.15) is 5.56 Å². The molecule has 0 amide bonds. The predicted molar refractivity (Wildman–Crippen MR) is 79.4 cm³/mol. The smallest absolute Gasteiger partial charge is 0.203 e. The summed E-state index contributed by atoms with van der Waals surface area (Å²) in [6.45, 7) is 0.531. The summed E-state index contributed by atoms with van der Waals surface area (Å²) in [6, 6.07) is 11.9. The number of methoxy groups -OCH3 is 3. The van der Waals surface area contributed by atoms with Crippen molar-refractivity contribution in [2.24, 2.45) is 5.73 Å². The fourth-order valence-electron chi connectivity index (χ4n) is 2.15. The standard InChI is InChI=1S/C16H19NO3/c1-18-14-9-8-13(15(19-2)16(14)20-3)12-6-4-11(10-17)5-7-12/h4-9H,10,17H2,1-3H3. The summed E-state index contributed by atoms with van der Waals surface area (Å²) < 4.78 is 16.2. The average Bonchev–Trinajstić information content (AvgIpc) is 2.53. The Kier molecular flexibility index (Phi) is 4.48. The molecular weight excluding hydrogens is 254 g/mol. The molecule has 0 unspecified atom stereocenters. The van der Waals surface area contributed by atoms with Crippen molar-refractivity contribution in [3.8, 4) is 28.4 Å². The second-order valence-electron chi connectivity index (χ2n) is 4.28. The van der Waals surface area contributed by atoms with Crippen LogP contribution in [0.3, 0.4) is 0 Å². The van der Waals surface area contributed by atoms with Crippen molar-refractivity contribution >= 4 is 0 Å². The Morgan fingerprint density at radius 3 is 1.95 bits per heavy atom. The Bertz CT molecular complexity index is 579. The molecule has 2 aromatic rings. The Morgan fingerprint density at radius 1 is 0.800 bits per heavy atom. The minimum absolute atomic E-state index is 0.531. The lowest BCUT2D eigenvalue weighted by atomic mass is 10.0. The molecule has 0 aliphatic rings. The molecule has 0 aromatic heterocycles. The van der Waals surface area contributed by atoms with Gasteiger partial charge in [-0.1, -0.05) is 24.3 Å². The van der Waals surface area contributed by atoms with E-state index in [9.17, 15) is 0 Å². The number of benzene rings is 2. The topological polar surface area (TPSA) is 53.7 Å². The zero-order valence-electron chi connectivity index (χ0n) is 12.0. The van der Waals surface area contributed by atoms with Gasteiger partial charge in [-0.15, -0.1) is 0 Å². The lowest BCUT2D eigenvalue weighted by Gasteiger charge is -2.16. The van der Waals surface area contributed by atoms with Gasteiger partial charge >= 0.3 is 0 Å². The maximum atomic E-state index is 5.62. The first kappa shape index (κ1) is 14.2. The van der Waals surface area contributed by atoms with Crippen molar-refractivity contribution in [1.29, 1.82) is 0 Å². The Labute approximate surface area is 119 Å². The maximum absolute atomic E-state index is 5.62. The van der Waals surface area contributed by atoms with E-state index in [2.05, 4.69) is 0 Å². The van der Waals surface area contributed by atoms with Gasteiger partial charge in [0.2, 0.25) is 5.75 Å². The van der Waals surface area contributed by atoms with E-state index in [4.69, 9.17) is 19.9 Å². The molecule has 0 saturated heterocycles. The van der Waals surface area contributed by atoms with Gasteiger partial charge in [-0.05, 0) is 23.3 Å². The van der Waals surface area contributed by atoms with Crippen molar-refractivity contribution < 1.29 is 14.2 Å². The molecule has 0 radical (unpaired) electrons. The monoisotopic (exact) mass is 273 g/mol. The van der Waals surface area contributed by atoms with Crippen molar-refractivity contribution in [2.45, 2.75) is 6.54 Å². The number of nitrogens with two attached hydrogens (primary N) is 1. The third kappa shape index (κ3) is 2.56. The van der Waals surface area contributed by atoms with Crippen molar-refractivity contribution in [2.75, 3.05) is 21.3 Å². The molecule has 20 heavy (non-hydrogen) atoms. The van der Waals surface area contributed by atoms with E-state index < -0.39 is 0 Å². The van der Waals surface area contributed by atoms with E-state index in [0.29, 0.717) is 23.8 Å². The molecule has 0 spiro atoms. The number of rotatable bonds is 5. The van der Waals surface area contributed by atoms with Crippen LogP contribution < -0.4 is 19.9 Å². The second-order valence-corrected chi connectivity index (χ2v) is 4.28. The predicted octanol–water partition coefficient (Wildman–Crippen LogP) is 2.84. The van der Waals surface area contributed by atoms with Gasteiger partial charge in [-0.3, -0.25) is 0 Å². The van der Waals surface area contributed by atoms with Crippen LogP contribution in [0.5, 0.6) is 17.2 Å². The summed E-state index contributed by atoms with van der Waals surface area (Å²) in [5.74, 6) is 1.90. The quantitative estimate of drug-likeness (QED) is 0.910. The summed E-state index contributed by atoms with van der Waals surface area (Å²) in [4.78, 5) is 0. The van der Waals surface area contributed by atoms with Gasteiger partial charge in [-0.2, -0.15) is 0 Å². The maximum Gasteiger partial charge on any atom is 0.203 e. The minimum atomic E-state index is 0.531. The summed E-state index contributed by atoms with van der Waals surface area (Å²) >= 11 is 0. The van der Waals surface area contributed by atoms with Gasteiger partial charge in [0.1, 0.15) is 0 Å². The Balaban J connectivity index is 2.55. The van der Waals surface area contributed by atoms with Crippen LogP contribution in [0.25, 0.3) is 11.1 Å². The van der Waals surface area contributed by atoms with E-state index in [-0.39, 0.29) is 0 Å². The first-order valence-electron chi connectivity index (χ1n) is 6.33. The zero-order valence-corrected chi connectivity index (χ0v) is 12.0. The molecule has 0 heterocycles. The molecule has 0 saturated carbocycles. The van der Waals surface area contributed by atoms with E-state index >= 15 is 0 Å². The van der Waals surface area contributed by atoms with E-state index in [0.717, 1.165) is 16.7 Å². The molecule has 2 rings (SSSR count). The van der Waals surface area contributed by atoms with Crippen LogP contribution in [0, 0.1) is 0 Å². The van der Waals surface area contributed by atoms with Crippen LogP contribution in [-0.4, -0.2) is 21.3 Å². The Morgan fingerprint density at radius 2 is 1.45 bits per heavy atom. The SMILES string of the molecule is COc1ccc(-c2ccc(CN)cc2)c(OC)c1OC. The first-order chi connectivity index (χ1) is 9.74. The lowest BCUT2D eigenvalue weighted by molar-refractivity contribution is 0.325. The molecule has 4 nitrogen and oxygen atoms in total. The zero-order chi connectivity index (χ0) is 14.5. The number of ether oxygens (including phenoxy) is 3. The van der Waals surface area contributed by atoms with Crippen molar-refractivity contribution in [1.82, 2.24) is 0 Å². The molecule has 2 aromatic carbocycles. The molecule has 106 valence electrons. The molecule has 0 bridgehead atoms. The van der Waals surface area contributed by atoms with Gasteiger partial charge < -0.3 is 19.9 Å². The largest absolute Gasteiger partial charge is 0.493 e. The third-order valence-electron chi connectivity index (χ3n) is 3.20. The summed E-state index contributed by atoms with van der Waals surface area (Å²) in [5, 5.41) is 0. The van der Waals surface area contributed by atoms with Gasteiger partial charge in [0, 0.05) is 12.1 Å². The molecule has 0 atom stereocenters. The van der Waals surface area contributed by atoms with Crippen LogP contribution in [-0.2, 0) is 6.54 Å². The van der Waals surface area contributed by atoms with E-state index in [1.807, 2.05) is 36.4 Å². The van der Waals surface area contributed by atoms with Gasteiger partial charge in [-0.25, -0.2) is 0 Å². The summed E-state index contributed by atoms with van der Waals surface area (Å²) in [7, 11) is 4.82. The number of hydrogen-bond acceptors (Lipinski definition) is 4. The minimum Gasteiger partial charge on any atom is -0.493 e. The highest BCUT2D eigenvalue weighted by Gasteiger charge is 2.16. The molecular formula is C16H19NO3. The molecule has 0 aliphatic heterocycles. The van der Waals surface area contributed by atoms with Gasteiger partial charge in [0.25, 0.3) is 0 Å². The molecule has 0 aliphatic carbocycles. The fraction of sp³-hybridized carbons (Fsp3) is 0.250. The lowest BCUT2D eigenvalue weighted by Crippen LogP contribution is -1.98. The molecule has 0 fully saturated rings. The third-order valence-corrected chi connectivity index (χ3v) is 3.20. The van der Waals surface area contributed by atoms with Crippen molar-refractivity contribution in [3.05, 3.63) is 42.0 Å². The van der Waals surface area contributed by atoms with E-state index in [1.54, 1.807) is 21.3 Å². The van der Waals surface area contributed by atoms with Crippen LogP contribution >= 0.6 is 0 Å². The second kappa shape index (κ2) is 6.30. The molecule has 4 heteroatoms. The Hall–Kier alpha value is -2.20. The van der Waals surface area contributed by atoms with Gasteiger partial charge in [0.05, 0.1) is 21.3 Å². The number of hydrogen-bond donors (Lipinski definition) is 1. The van der Waals surface area contributed by atoms with Crippen LogP contribution in [0.2, 0.25) is 0 Å². The van der Waals surface area contributed by atoms with Crippen molar-refractivity contribution in [3.63, 3.8) is 0 Å². The normalized spacial score (nSPS) is 10.2.